The maximum absolute atomic E-state index is 12.0. The van der Waals surface area contributed by atoms with Gasteiger partial charge in [-0.1, -0.05) is 6.92 Å². The van der Waals surface area contributed by atoms with E-state index in [1.807, 2.05) is 34.6 Å². The number of ether oxygens (including phenoxy) is 1. The molecule has 6 nitrogen and oxygen atoms in total. The lowest BCUT2D eigenvalue weighted by atomic mass is 10.2. The van der Waals surface area contributed by atoms with Crippen LogP contribution in [-0.2, 0) is 4.74 Å². The smallest absolute Gasteiger partial charge is 0.410 e. The number of amides is 1. The summed E-state index contributed by atoms with van der Waals surface area (Å²) in [6.45, 7) is 16.3. The average Bonchev–Trinajstić information content (AvgIpc) is 2.41. The molecule has 0 aliphatic heterocycles. The molecule has 1 atom stereocenters. The van der Waals surface area contributed by atoms with Crippen molar-refractivity contribution in [2.24, 2.45) is 4.99 Å². The monoisotopic (exact) mass is 314 g/mol. The van der Waals surface area contributed by atoms with Crippen molar-refractivity contribution in [3.8, 4) is 0 Å². The summed E-state index contributed by atoms with van der Waals surface area (Å²) in [5.41, 5.74) is -0.471. The van der Waals surface area contributed by atoms with E-state index >= 15 is 0 Å². The first-order valence-electron chi connectivity index (χ1n) is 8.26. The summed E-state index contributed by atoms with van der Waals surface area (Å²) in [6, 6.07) is 0.367. The van der Waals surface area contributed by atoms with Gasteiger partial charge in [0.15, 0.2) is 5.96 Å². The number of aliphatic imine (C=N–C) groups is 1. The zero-order valence-electron chi connectivity index (χ0n) is 15.3. The Bertz CT molecular complexity index is 351. The van der Waals surface area contributed by atoms with Gasteiger partial charge in [0.2, 0.25) is 0 Å². The number of rotatable bonds is 7. The fourth-order valence-corrected chi connectivity index (χ4v) is 1.64. The molecule has 0 aliphatic carbocycles. The van der Waals surface area contributed by atoms with Crippen LogP contribution in [0.5, 0.6) is 0 Å². The molecule has 0 saturated heterocycles. The van der Waals surface area contributed by atoms with Gasteiger partial charge in [0.25, 0.3) is 0 Å². The third kappa shape index (κ3) is 9.47. The minimum Gasteiger partial charge on any atom is -0.444 e. The molecule has 0 aromatic carbocycles. The van der Waals surface area contributed by atoms with Crippen LogP contribution >= 0.6 is 0 Å². The molecule has 0 fully saturated rings. The number of nitrogens with one attached hydrogen (secondary N) is 2. The van der Waals surface area contributed by atoms with Crippen LogP contribution < -0.4 is 10.6 Å². The third-order valence-corrected chi connectivity index (χ3v) is 3.01. The Balaban J connectivity index is 4.51. The van der Waals surface area contributed by atoms with Gasteiger partial charge >= 0.3 is 6.09 Å². The molecule has 0 rings (SSSR count). The Hall–Kier alpha value is -1.46. The molecule has 0 radical (unpaired) electrons. The summed E-state index contributed by atoms with van der Waals surface area (Å²) in [4.78, 5) is 18.2. The van der Waals surface area contributed by atoms with Crippen LogP contribution in [0.15, 0.2) is 4.99 Å². The molecular weight excluding hydrogens is 280 g/mol. The van der Waals surface area contributed by atoms with Crippen LogP contribution in [-0.4, -0.2) is 54.8 Å². The largest absolute Gasteiger partial charge is 0.444 e. The molecule has 1 unspecified atom stereocenters. The van der Waals surface area contributed by atoms with Crippen molar-refractivity contribution in [2.75, 3.05) is 26.2 Å². The predicted molar refractivity (Wildman–Crippen MR) is 92.3 cm³/mol. The van der Waals surface area contributed by atoms with Gasteiger partial charge in [0.05, 0.1) is 6.54 Å². The van der Waals surface area contributed by atoms with Crippen molar-refractivity contribution in [1.29, 1.82) is 0 Å². The lowest BCUT2D eigenvalue weighted by Crippen LogP contribution is -2.43. The lowest BCUT2D eigenvalue weighted by molar-refractivity contribution is 0.0266. The maximum Gasteiger partial charge on any atom is 0.410 e. The third-order valence-electron chi connectivity index (χ3n) is 3.01. The van der Waals surface area contributed by atoms with Gasteiger partial charge in [0.1, 0.15) is 5.60 Å². The summed E-state index contributed by atoms with van der Waals surface area (Å²) in [5.74, 6) is 0.789. The molecule has 0 bridgehead atoms. The van der Waals surface area contributed by atoms with Gasteiger partial charge in [0, 0.05) is 25.7 Å². The summed E-state index contributed by atoms with van der Waals surface area (Å²) < 4.78 is 5.39. The Morgan fingerprint density at radius 1 is 1.27 bits per heavy atom. The Labute approximate surface area is 135 Å². The zero-order chi connectivity index (χ0) is 17.2. The van der Waals surface area contributed by atoms with Gasteiger partial charge in [-0.05, 0) is 48.0 Å². The number of carbonyl (C=O) groups excluding carboxylic acids is 1. The molecule has 0 saturated carbocycles. The normalized spacial score (nSPS) is 13.5. The topological polar surface area (TPSA) is 66.0 Å². The molecule has 0 heterocycles. The van der Waals surface area contributed by atoms with Gasteiger partial charge in [-0.15, -0.1) is 0 Å². The summed E-state index contributed by atoms with van der Waals surface area (Å²) in [7, 11) is 0. The first kappa shape index (κ1) is 20.5. The van der Waals surface area contributed by atoms with Crippen LogP contribution in [0.2, 0.25) is 0 Å². The van der Waals surface area contributed by atoms with Gasteiger partial charge in [-0.25, -0.2) is 4.79 Å². The molecule has 6 heteroatoms. The highest BCUT2D eigenvalue weighted by Gasteiger charge is 2.20. The van der Waals surface area contributed by atoms with Crippen molar-refractivity contribution >= 4 is 12.1 Å². The summed E-state index contributed by atoms with van der Waals surface area (Å²) in [6.07, 6.45) is 0.744. The Kier molecular flexibility index (Phi) is 9.61. The second kappa shape index (κ2) is 10.3. The van der Waals surface area contributed by atoms with Crippen LogP contribution in [0, 0.1) is 0 Å². The van der Waals surface area contributed by atoms with E-state index in [1.165, 1.54) is 0 Å². The molecule has 0 spiro atoms. The minimum atomic E-state index is -0.471. The SMILES string of the molecule is CCNC(=NCCN(CC)C(=O)OC(C)(C)C)NC(C)CC. The van der Waals surface area contributed by atoms with E-state index in [4.69, 9.17) is 4.74 Å². The van der Waals surface area contributed by atoms with Crippen molar-refractivity contribution in [3.05, 3.63) is 0 Å². The predicted octanol–water partition coefficient (Wildman–Crippen LogP) is 2.60. The maximum atomic E-state index is 12.0. The van der Waals surface area contributed by atoms with E-state index in [0.717, 1.165) is 18.9 Å². The van der Waals surface area contributed by atoms with Crippen molar-refractivity contribution in [2.45, 2.75) is 66.5 Å². The molecule has 2 N–H and O–H groups in total. The van der Waals surface area contributed by atoms with Gasteiger partial charge in [-0.3, -0.25) is 4.99 Å². The van der Waals surface area contributed by atoms with Gasteiger partial charge in [-0.2, -0.15) is 0 Å². The second-order valence-corrected chi connectivity index (χ2v) is 6.27. The van der Waals surface area contributed by atoms with E-state index in [9.17, 15) is 4.79 Å². The molecule has 1 amide bonds. The van der Waals surface area contributed by atoms with Crippen molar-refractivity contribution < 1.29 is 9.53 Å². The van der Waals surface area contributed by atoms with E-state index in [-0.39, 0.29) is 6.09 Å². The fraction of sp³-hybridized carbons (Fsp3) is 0.875. The van der Waals surface area contributed by atoms with Crippen molar-refractivity contribution in [3.63, 3.8) is 0 Å². The number of nitrogens with zero attached hydrogens (tertiary/aromatic N) is 2. The molecule has 0 aromatic heterocycles. The molecule has 22 heavy (non-hydrogen) atoms. The fourth-order valence-electron chi connectivity index (χ4n) is 1.64. The minimum absolute atomic E-state index is 0.287. The van der Waals surface area contributed by atoms with Crippen LogP contribution in [0.1, 0.15) is 54.9 Å². The standard InChI is InChI=1S/C16H34N4O2/c1-8-13(4)19-14(17-9-2)18-11-12-20(10-3)15(21)22-16(5,6)7/h13H,8-12H2,1-7H3,(H2,17,18,19). The molecule has 0 aliphatic rings. The van der Waals surface area contributed by atoms with E-state index in [0.29, 0.717) is 25.7 Å². The number of hydrogen-bond donors (Lipinski definition) is 2. The highest BCUT2D eigenvalue weighted by Crippen LogP contribution is 2.09. The zero-order valence-corrected chi connectivity index (χ0v) is 15.3. The first-order valence-corrected chi connectivity index (χ1v) is 8.26. The number of likely N-dealkylation sites (N-methyl/N-ethyl adjacent to an activating group) is 1. The lowest BCUT2D eigenvalue weighted by Gasteiger charge is -2.26. The van der Waals surface area contributed by atoms with Crippen LogP contribution in [0.3, 0.4) is 0 Å². The van der Waals surface area contributed by atoms with Gasteiger partial charge < -0.3 is 20.3 Å². The molecular formula is C16H34N4O2. The van der Waals surface area contributed by atoms with E-state index < -0.39 is 5.60 Å². The Morgan fingerprint density at radius 2 is 1.91 bits per heavy atom. The Morgan fingerprint density at radius 3 is 2.36 bits per heavy atom. The molecule has 0 aromatic rings. The number of hydrogen-bond acceptors (Lipinski definition) is 3. The average molecular weight is 314 g/mol. The summed E-state index contributed by atoms with van der Waals surface area (Å²) >= 11 is 0. The number of guanidine groups is 1. The highest BCUT2D eigenvalue weighted by atomic mass is 16.6. The van der Waals surface area contributed by atoms with Crippen LogP contribution in [0.4, 0.5) is 4.79 Å². The highest BCUT2D eigenvalue weighted by molar-refractivity contribution is 5.80. The summed E-state index contributed by atoms with van der Waals surface area (Å²) in [5, 5.41) is 6.54. The van der Waals surface area contributed by atoms with Crippen LogP contribution in [0.25, 0.3) is 0 Å². The van der Waals surface area contributed by atoms with E-state index in [1.54, 1.807) is 4.90 Å². The quantitative estimate of drug-likeness (QED) is 0.560. The first-order chi connectivity index (χ1) is 10.2. The van der Waals surface area contributed by atoms with Crippen molar-refractivity contribution in [1.82, 2.24) is 15.5 Å². The molecule has 130 valence electrons. The van der Waals surface area contributed by atoms with E-state index in [2.05, 4.69) is 29.5 Å². The second-order valence-electron chi connectivity index (χ2n) is 6.27. The number of carbonyl (C=O) groups is 1.